The van der Waals surface area contributed by atoms with Crippen molar-refractivity contribution in [2.45, 2.75) is 19.4 Å². The van der Waals surface area contributed by atoms with Gasteiger partial charge < -0.3 is 14.4 Å². The molecule has 0 aliphatic rings. The molecule has 1 atom stereocenters. The lowest BCUT2D eigenvalue weighted by atomic mass is 10.2. The van der Waals surface area contributed by atoms with E-state index in [1.54, 1.807) is 25.3 Å². The first kappa shape index (κ1) is 13.3. The molecule has 0 aliphatic heterocycles. The first-order valence-corrected chi connectivity index (χ1v) is 6.58. The van der Waals surface area contributed by atoms with Gasteiger partial charge in [0.15, 0.2) is 0 Å². The molecule has 0 saturated heterocycles. The van der Waals surface area contributed by atoms with Gasteiger partial charge in [0.2, 0.25) is 5.82 Å². The Kier molecular flexibility index (Phi) is 4.18. The number of halogens is 1. The summed E-state index contributed by atoms with van der Waals surface area (Å²) in [7, 11) is 1.60. The highest BCUT2D eigenvalue weighted by Gasteiger charge is 2.18. The number of methoxy groups -OCH3 is 1. The molecule has 1 unspecified atom stereocenters. The molecular formula is C12H13IN2O3. The van der Waals surface area contributed by atoms with Crippen LogP contribution in [-0.2, 0) is 4.74 Å². The average Bonchev–Trinajstić information content (AvgIpc) is 2.83. The Labute approximate surface area is 118 Å². The minimum absolute atomic E-state index is 0.121. The van der Waals surface area contributed by atoms with E-state index in [1.807, 2.05) is 6.92 Å². The van der Waals surface area contributed by atoms with Crippen LogP contribution < -0.4 is 0 Å². The fraction of sp³-hybridized carbons (Fsp3) is 0.333. The molecular weight excluding hydrogens is 347 g/mol. The molecule has 18 heavy (non-hydrogen) atoms. The van der Waals surface area contributed by atoms with E-state index < -0.39 is 0 Å². The van der Waals surface area contributed by atoms with Gasteiger partial charge in [0.25, 0.3) is 5.89 Å². The molecule has 0 fully saturated rings. The number of nitrogens with zero attached hydrogens (tertiary/aromatic N) is 2. The van der Waals surface area contributed by atoms with Crippen molar-refractivity contribution in [1.82, 2.24) is 10.1 Å². The van der Waals surface area contributed by atoms with Crippen LogP contribution >= 0.6 is 22.6 Å². The lowest BCUT2D eigenvalue weighted by molar-refractivity contribution is 0.0903. The second-order valence-corrected chi connectivity index (χ2v) is 5.00. The normalized spacial score (nSPS) is 12.6. The van der Waals surface area contributed by atoms with Gasteiger partial charge in [0, 0.05) is 10.7 Å². The van der Waals surface area contributed by atoms with Crippen molar-refractivity contribution in [2.24, 2.45) is 0 Å². The van der Waals surface area contributed by atoms with Crippen LogP contribution in [0, 0.1) is 3.57 Å². The zero-order valence-corrected chi connectivity index (χ0v) is 12.2. The molecule has 2 aromatic rings. The second kappa shape index (κ2) is 5.66. The lowest BCUT2D eigenvalue weighted by Crippen LogP contribution is -2.01. The van der Waals surface area contributed by atoms with E-state index in [2.05, 4.69) is 32.7 Å². The number of benzene rings is 1. The van der Waals surface area contributed by atoms with Gasteiger partial charge in [0.1, 0.15) is 11.9 Å². The summed E-state index contributed by atoms with van der Waals surface area (Å²) in [6.45, 7) is 1.98. The number of aromatic nitrogens is 2. The van der Waals surface area contributed by atoms with E-state index in [0.29, 0.717) is 17.3 Å². The molecule has 1 heterocycles. The van der Waals surface area contributed by atoms with E-state index >= 15 is 0 Å². The zero-order chi connectivity index (χ0) is 13.1. The van der Waals surface area contributed by atoms with Crippen LogP contribution in [0.3, 0.4) is 0 Å². The third kappa shape index (κ3) is 2.64. The molecule has 6 heteroatoms. The van der Waals surface area contributed by atoms with Crippen molar-refractivity contribution >= 4 is 22.6 Å². The van der Waals surface area contributed by atoms with E-state index in [4.69, 9.17) is 9.26 Å². The van der Waals surface area contributed by atoms with Crippen LogP contribution in [0.5, 0.6) is 5.75 Å². The summed E-state index contributed by atoms with van der Waals surface area (Å²) < 4.78 is 11.4. The lowest BCUT2D eigenvalue weighted by Gasteiger charge is -2.06. The van der Waals surface area contributed by atoms with Crippen molar-refractivity contribution in [1.29, 1.82) is 0 Å². The Morgan fingerprint density at radius 3 is 2.94 bits per heavy atom. The predicted octanol–water partition coefficient (Wildman–Crippen LogP) is 3.14. The zero-order valence-electron chi connectivity index (χ0n) is 10.1. The molecule has 1 aromatic carbocycles. The van der Waals surface area contributed by atoms with E-state index in [9.17, 15) is 5.11 Å². The summed E-state index contributed by atoms with van der Waals surface area (Å²) in [5.41, 5.74) is 0.534. The van der Waals surface area contributed by atoms with Gasteiger partial charge in [-0.3, -0.25) is 0 Å². The molecule has 1 N–H and O–H groups in total. The van der Waals surface area contributed by atoms with Crippen LogP contribution in [0.1, 0.15) is 25.3 Å². The van der Waals surface area contributed by atoms with E-state index in [-0.39, 0.29) is 11.9 Å². The summed E-state index contributed by atoms with van der Waals surface area (Å²) in [5.74, 6) is 0.917. The number of phenols is 1. The second-order valence-electron chi connectivity index (χ2n) is 3.75. The standard InChI is InChI=1S/C12H13IN2O3/c1-3-10(17-2)11-14-12(18-15-11)8-6-7(13)4-5-9(8)16/h4-6,10,16H,3H2,1-2H3. The highest BCUT2D eigenvalue weighted by atomic mass is 127. The third-order valence-corrected chi connectivity index (χ3v) is 3.25. The molecule has 0 spiro atoms. The first-order chi connectivity index (χ1) is 8.65. The molecule has 0 saturated carbocycles. The minimum Gasteiger partial charge on any atom is -0.507 e. The topological polar surface area (TPSA) is 68.4 Å². The molecule has 0 amide bonds. The Balaban J connectivity index is 2.37. The van der Waals surface area contributed by atoms with Gasteiger partial charge in [-0.05, 0) is 47.2 Å². The van der Waals surface area contributed by atoms with Crippen LogP contribution in [0.25, 0.3) is 11.5 Å². The number of hydrogen-bond acceptors (Lipinski definition) is 5. The number of hydrogen-bond donors (Lipinski definition) is 1. The molecule has 5 nitrogen and oxygen atoms in total. The predicted molar refractivity (Wildman–Crippen MR) is 74.2 cm³/mol. The molecule has 1 aromatic heterocycles. The summed E-state index contributed by atoms with van der Waals surface area (Å²) in [5, 5.41) is 13.7. The van der Waals surface area contributed by atoms with E-state index in [0.717, 1.165) is 9.99 Å². The molecule has 96 valence electrons. The number of phenolic OH excluding ortho intramolecular Hbond substituents is 1. The van der Waals surface area contributed by atoms with Gasteiger partial charge in [-0.1, -0.05) is 12.1 Å². The van der Waals surface area contributed by atoms with E-state index in [1.165, 1.54) is 0 Å². The van der Waals surface area contributed by atoms with Gasteiger partial charge >= 0.3 is 0 Å². The van der Waals surface area contributed by atoms with Gasteiger partial charge in [-0.15, -0.1) is 0 Å². The Hall–Kier alpha value is -1.15. The number of aromatic hydroxyl groups is 1. The van der Waals surface area contributed by atoms with Gasteiger partial charge in [-0.2, -0.15) is 4.98 Å². The van der Waals surface area contributed by atoms with Crippen LogP contribution in [0.2, 0.25) is 0 Å². The molecule has 2 rings (SSSR count). The summed E-state index contributed by atoms with van der Waals surface area (Å²) in [6, 6.07) is 5.20. The number of rotatable bonds is 4. The summed E-state index contributed by atoms with van der Waals surface area (Å²) in [6.07, 6.45) is 0.570. The molecule has 0 aliphatic carbocycles. The quantitative estimate of drug-likeness (QED) is 0.849. The average molecular weight is 360 g/mol. The van der Waals surface area contributed by atoms with Crippen molar-refractivity contribution < 1.29 is 14.4 Å². The smallest absolute Gasteiger partial charge is 0.261 e. The fourth-order valence-electron chi connectivity index (χ4n) is 1.61. The van der Waals surface area contributed by atoms with Crippen molar-refractivity contribution in [3.05, 3.63) is 27.6 Å². The molecule has 0 radical (unpaired) electrons. The highest BCUT2D eigenvalue weighted by Crippen LogP contribution is 2.30. The van der Waals surface area contributed by atoms with Crippen molar-refractivity contribution in [3.63, 3.8) is 0 Å². The largest absolute Gasteiger partial charge is 0.507 e. The van der Waals surface area contributed by atoms with Crippen molar-refractivity contribution in [2.75, 3.05) is 7.11 Å². The maximum Gasteiger partial charge on any atom is 0.261 e. The molecule has 0 bridgehead atoms. The Morgan fingerprint density at radius 2 is 2.28 bits per heavy atom. The SMILES string of the molecule is CCC(OC)c1noc(-c2cc(I)ccc2O)n1. The number of ether oxygens (including phenoxy) is 1. The monoisotopic (exact) mass is 360 g/mol. The van der Waals surface area contributed by atoms with Gasteiger partial charge in [-0.25, -0.2) is 0 Å². The first-order valence-electron chi connectivity index (χ1n) is 5.51. The van der Waals surface area contributed by atoms with Crippen LogP contribution in [0.4, 0.5) is 0 Å². The summed E-state index contributed by atoms with van der Waals surface area (Å²) >= 11 is 2.16. The van der Waals surface area contributed by atoms with Gasteiger partial charge in [0.05, 0.1) is 5.56 Å². The fourth-order valence-corrected chi connectivity index (χ4v) is 2.10. The third-order valence-electron chi connectivity index (χ3n) is 2.57. The van der Waals surface area contributed by atoms with Crippen molar-refractivity contribution in [3.8, 4) is 17.2 Å². The Morgan fingerprint density at radius 1 is 1.50 bits per heavy atom. The highest BCUT2D eigenvalue weighted by molar-refractivity contribution is 14.1. The van der Waals surface area contributed by atoms with Crippen LogP contribution in [-0.4, -0.2) is 22.4 Å². The summed E-state index contributed by atoms with van der Waals surface area (Å²) in [4.78, 5) is 4.26. The maximum absolute atomic E-state index is 9.79. The Bertz CT molecular complexity index is 538. The minimum atomic E-state index is -0.188. The maximum atomic E-state index is 9.79. The van der Waals surface area contributed by atoms with Crippen LogP contribution in [0.15, 0.2) is 22.7 Å².